The van der Waals surface area contributed by atoms with Crippen molar-refractivity contribution in [3.05, 3.63) is 0 Å². The normalized spacial score (nSPS) is 24.7. The topological polar surface area (TPSA) is 83.6 Å². The van der Waals surface area contributed by atoms with E-state index in [-0.39, 0.29) is 5.91 Å². The van der Waals surface area contributed by atoms with Gasteiger partial charge in [0, 0.05) is 6.54 Å². The molecule has 1 aliphatic heterocycles. The van der Waals surface area contributed by atoms with Gasteiger partial charge in [-0.05, 0) is 24.7 Å². The molecule has 0 spiro atoms. The molecule has 0 aliphatic carbocycles. The number of amides is 1. The summed E-state index contributed by atoms with van der Waals surface area (Å²) in [5.41, 5.74) is 5.43. The Balaban J connectivity index is 2.91. The van der Waals surface area contributed by atoms with E-state index < -0.39 is 23.5 Å². The number of aliphatic carboxylic acids is 1. The summed E-state index contributed by atoms with van der Waals surface area (Å²) >= 11 is 0. The lowest BCUT2D eigenvalue weighted by atomic mass is 9.76. The van der Waals surface area contributed by atoms with Crippen LogP contribution in [0.15, 0.2) is 0 Å². The number of nitrogens with two attached hydrogens (primary N) is 1. The Labute approximate surface area is 108 Å². The van der Waals surface area contributed by atoms with E-state index in [0.717, 1.165) is 19.3 Å². The first kappa shape index (κ1) is 15.0. The molecule has 1 fully saturated rings. The molecular formula is C13H24N2O3. The maximum absolute atomic E-state index is 12.2. The molecule has 0 radical (unpaired) electrons. The Bertz CT molecular complexity index is 328. The molecule has 1 saturated heterocycles. The molecule has 2 atom stereocenters. The van der Waals surface area contributed by atoms with Crippen molar-refractivity contribution >= 4 is 11.9 Å². The van der Waals surface area contributed by atoms with Crippen molar-refractivity contribution in [2.24, 2.45) is 11.1 Å². The maximum atomic E-state index is 12.2. The van der Waals surface area contributed by atoms with E-state index in [4.69, 9.17) is 5.73 Å². The molecule has 0 bridgehead atoms. The highest BCUT2D eigenvalue weighted by Gasteiger charge is 2.45. The van der Waals surface area contributed by atoms with Gasteiger partial charge in [-0.1, -0.05) is 27.2 Å². The summed E-state index contributed by atoms with van der Waals surface area (Å²) in [5.74, 6) is -1.16. The van der Waals surface area contributed by atoms with Crippen LogP contribution >= 0.6 is 0 Å². The zero-order chi connectivity index (χ0) is 13.9. The molecular weight excluding hydrogens is 232 g/mol. The smallest absolute Gasteiger partial charge is 0.326 e. The van der Waals surface area contributed by atoms with Crippen molar-refractivity contribution in [2.45, 2.75) is 58.5 Å². The lowest BCUT2D eigenvalue weighted by Crippen LogP contribution is -2.59. The van der Waals surface area contributed by atoms with Crippen LogP contribution in [0.25, 0.3) is 0 Å². The summed E-state index contributed by atoms with van der Waals surface area (Å²) in [7, 11) is 0. The minimum atomic E-state index is -0.934. The van der Waals surface area contributed by atoms with E-state index in [1.165, 1.54) is 4.90 Å². The van der Waals surface area contributed by atoms with Gasteiger partial charge in [-0.25, -0.2) is 4.79 Å². The summed E-state index contributed by atoms with van der Waals surface area (Å²) in [6, 6.07) is -1.34. The van der Waals surface area contributed by atoms with Crippen LogP contribution < -0.4 is 5.73 Å². The van der Waals surface area contributed by atoms with Crippen molar-refractivity contribution in [2.75, 3.05) is 6.54 Å². The van der Waals surface area contributed by atoms with Crippen LogP contribution in [0.3, 0.4) is 0 Å². The van der Waals surface area contributed by atoms with Gasteiger partial charge in [-0.2, -0.15) is 0 Å². The van der Waals surface area contributed by atoms with Crippen LogP contribution in [0.1, 0.15) is 46.5 Å². The largest absolute Gasteiger partial charge is 0.480 e. The number of carboxylic acids is 1. The minimum Gasteiger partial charge on any atom is -0.480 e. The fourth-order valence-electron chi connectivity index (χ4n) is 2.75. The van der Waals surface area contributed by atoms with Gasteiger partial charge >= 0.3 is 5.97 Å². The molecule has 18 heavy (non-hydrogen) atoms. The Morgan fingerprint density at radius 2 is 2.11 bits per heavy atom. The predicted molar refractivity (Wildman–Crippen MR) is 69.0 cm³/mol. The Morgan fingerprint density at radius 1 is 1.50 bits per heavy atom. The average Bonchev–Trinajstić information content (AvgIpc) is 2.26. The molecule has 0 saturated carbocycles. The van der Waals surface area contributed by atoms with Crippen LogP contribution in [0.2, 0.25) is 0 Å². The lowest BCUT2D eigenvalue weighted by Gasteiger charge is -2.44. The Morgan fingerprint density at radius 3 is 2.61 bits per heavy atom. The number of carbonyl (C=O) groups excluding carboxylic acids is 1. The molecule has 1 amide bonds. The van der Waals surface area contributed by atoms with Crippen LogP contribution in [-0.2, 0) is 9.59 Å². The van der Waals surface area contributed by atoms with Crippen LogP contribution in [-0.4, -0.2) is 40.5 Å². The van der Waals surface area contributed by atoms with Gasteiger partial charge in [0.15, 0.2) is 0 Å². The van der Waals surface area contributed by atoms with Gasteiger partial charge in [0.1, 0.15) is 6.04 Å². The van der Waals surface area contributed by atoms with Gasteiger partial charge < -0.3 is 15.7 Å². The highest BCUT2D eigenvalue weighted by molar-refractivity contribution is 5.87. The molecule has 1 unspecified atom stereocenters. The predicted octanol–water partition coefficient (Wildman–Crippen LogP) is 1.22. The number of piperidine rings is 1. The molecule has 0 aromatic carbocycles. The number of carboxylic acid groups (broad SMARTS) is 1. The molecule has 0 aromatic rings. The van der Waals surface area contributed by atoms with Crippen LogP contribution in [0.4, 0.5) is 0 Å². The van der Waals surface area contributed by atoms with E-state index >= 15 is 0 Å². The van der Waals surface area contributed by atoms with Crippen molar-refractivity contribution in [3.63, 3.8) is 0 Å². The molecule has 1 heterocycles. The van der Waals surface area contributed by atoms with Crippen LogP contribution in [0, 0.1) is 5.41 Å². The quantitative estimate of drug-likeness (QED) is 0.792. The van der Waals surface area contributed by atoms with E-state index in [1.54, 1.807) is 0 Å². The van der Waals surface area contributed by atoms with Crippen molar-refractivity contribution in [1.82, 2.24) is 4.90 Å². The van der Waals surface area contributed by atoms with Crippen molar-refractivity contribution in [1.29, 1.82) is 0 Å². The molecule has 1 aliphatic rings. The maximum Gasteiger partial charge on any atom is 0.326 e. The van der Waals surface area contributed by atoms with E-state index in [0.29, 0.717) is 13.0 Å². The second-order valence-electron chi connectivity index (χ2n) is 5.76. The third kappa shape index (κ3) is 3.02. The zero-order valence-electron chi connectivity index (χ0n) is 11.5. The first-order valence-corrected chi connectivity index (χ1v) is 6.60. The van der Waals surface area contributed by atoms with Crippen molar-refractivity contribution < 1.29 is 14.7 Å². The fourth-order valence-corrected chi connectivity index (χ4v) is 2.75. The number of hydrogen-bond donors (Lipinski definition) is 2. The summed E-state index contributed by atoms with van der Waals surface area (Å²) in [4.78, 5) is 25.1. The lowest BCUT2D eigenvalue weighted by molar-refractivity contribution is -0.159. The monoisotopic (exact) mass is 256 g/mol. The molecule has 5 heteroatoms. The minimum absolute atomic E-state index is 0.225. The van der Waals surface area contributed by atoms with Crippen molar-refractivity contribution in [3.8, 4) is 0 Å². The van der Waals surface area contributed by atoms with Gasteiger partial charge in [-0.15, -0.1) is 0 Å². The van der Waals surface area contributed by atoms with E-state index in [1.807, 2.05) is 20.8 Å². The van der Waals surface area contributed by atoms with E-state index in [9.17, 15) is 14.7 Å². The molecule has 1 rings (SSSR count). The summed E-state index contributed by atoms with van der Waals surface area (Å²) in [5, 5.41) is 9.37. The van der Waals surface area contributed by atoms with E-state index in [2.05, 4.69) is 0 Å². The third-order valence-electron chi connectivity index (χ3n) is 3.71. The number of carbonyl (C=O) groups is 2. The molecule has 5 nitrogen and oxygen atoms in total. The highest BCUT2D eigenvalue weighted by atomic mass is 16.4. The fraction of sp³-hybridized carbons (Fsp3) is 0.846. The first-order valence-electron chi connectivity index (χ1n) is 6.60. The first-order chi connectivity index (χ1) is 8.31. The number of hydrogen-bond acceptors (Lipinski definition) is 3. The summed E-state index contributed by atoms with van der Waals surface area (Å²) in [6.45, 7) is 6.26. The molecule has 3 N–H and O–H groups in total. The molecule has 104 valence electrons. The SMILES string of the molecule is CCC[C@H](N)C(=O)N1CCCC(C)(C)C1C(=O)O. The summed E-state index contributed by atoms with van der Waals surface area (Å²) in [6.07, 6.45) is 3.07. The summed E-state index contributed by atoms with van der Waals surface area (Å²) < 4.78 is 0. The Hall–Kier alpha value is -1.10. The van der Waals surface area contributed by atoms with Gasteiger partial charge in [-0.3, -0.25) is 4.79 Å². The highest BCUT2D eigenvalue weighted by Crippen LogP contribution is 2.35. The number of rotatable bonds is 4. The number of likely N-dealkylation sites (tertiary alicyclic amines) is 1. The standard InChI is InChI=1S/C13H24N2O3/c1-4-6-9(14)11(16)15-8-5-7-13(2,3)10(15)12(17)18/h9-10H,4-8,14H2,1-3H3,(H,17,18)/t9-,10?/m0/s1. The van der Waals surface area contributed by atoms with Gasteiger partial charge in [0.25, 0.3) is 0 Å². The van der Waals surface area contributed by atoms with Crippen LogP contribution in [0.5, 0.6) is 0 Å². The second kappa shape index (κ2) is 5.69. The Kier molecular flexibility index (Phi) is 4.73. The van der Waals surface area contributed by atoms with Gasteiger partial charge in [0.2, 0.25) is 5.91 Å². The average molecular weight is 256 g/mol. The zero-order valence-corrected chi connectivity index (χ0v) is 11.5. The third-order valence-corrected chi connectivity index (χ3v) is 3.71. The molecule has 0 aromatic heterocycles. The van der Waals surface area contributed by atoms with Gasteiger partial charge in [0.05, 0.1) is 6.04 Å². The second-order valence-corrected chi connectivity index (χ2v) is 5.76. The number of nitrogens with zero attached hydrogens (tertiary/aromatic N) is 1.